The van der Waals surface area contributed by atoms with Crippen molar-refractivity contribution in [3.8, 4) is 0 Å². The SMILES string of the molecule is CN=C(NCc1ccnc(N(C)C)c1)NCC(C)(C)OC. The molecule has 0 aliphatic rings. The van der Waals surface area contributed by atoms with Crippen LogP contribution in [0.4, 0.5) is 5.82 Å². The molecule has 1 aromatic heterocycles. The van der Waals surface area contributed by atoms with E-state index in [1.807, 2.05) is 45.1 Å². The van der Waals surface area contributed by atoms with E-state index in [9.17, 15) is 0 Å². The third-order valence-electron chi connectivity index (χ3n) is 3.19. The Kier molecular flexibility index (Phi) is 6.42. The van der Waals surface area contributed by atoms with Crippen LogP contribution in [0.2, 0.25) is 0 Å². The molecule has 0 saturated heterocycles. The number of hydrogen-bond acceptors (Lipinski definition) is 4. The van der Waals surface area contributed by atoms with Crippen molar-refractivity contribution in [2.24, 2.45) is 4.99 Å². The molecule has 1 heterocycles. The molecule has 1 rings (SSSR count). The molecule has 1 aromatic rings. The van der Waals surface area contributed by atoms with Crippen LogP contribution in [0.25, 0.3) is 0 Å². The first-order valence-electron chi connectivity index (χ1n) is 7.00. The third-order valence-corrected chi connectivity index (χ3v) is 3.19. The lowest BCUT2D eigenvalue weighted by Gasteiger charge is -2.24. The van der Waals surface area contributed by atoms with E-state index >= 15 is 0 Å². The summed E-state index contributed by atoms with van der Waals surface area (Å²) in [5.74, 6) is 1.70. The second-order valence-electron chi connectivity index (χ2n) is 5.66. The van der Waals surface area contributed by atoms with Crippen LogP contribution >= 0.6 is 0 Å². The number of pyridine rings is 1. The summed E-state index contributed by atoms with van der Waals surface area (Å²) in [5, 5.41) is 6.54. The summed E-state index contributed by atoms with van der Waals surface area (Å²) in [6.07, 6.45) is 1.82. The van der Waals surface area contributed by atoms with E-state index in [0.29, 0.717) is 13.1 Å². The van der Waals surface area contributed by atoms with Gasteiger partial charge in [0.25, 0.3) is 0 Å². The van der Waals surface area contributed by atoms with E-state index in [0.717, 1.165) is 17.3 Å². The fraction of sp³-hybridized carbons (Fsp3) is 0.600. The number of guanidine groups is 1. The van der Waals surface area contributed by atoms with Gasteiger partial charge in [0.1, 0.15) is 5.82 Å². The lowest BCUT2D eigenvalue weighted by atomic mass is 10.1. The minimum Gasteiger partial charge on any atom is -0.377 e. The van der Waals surface area contributed by atoms with Crippen LogP contribution in [-0.4, -0.2) is 51.3 Å². The molecule has 0 fully saturated rings. The van der Waals surface area contributed by atoms with Crippen LogP contribution in [0.1, 0.15) is 19.4 Å². The number of aliphatic imine (C=N–C) groups is 1. The van der Waals surface area contributed by atoms with Gasteiger partial charge in [-0.05, 0) is 31.5 Å². The van der Waals surface area contributed by atoms with E-state index in [2.05, 4.69) is 26.7 Å². The molecule has 0 aliphatic carbocycles. The number of nitrogens with one attached hydrogen (secondary N) is 2. The number of ether oxygens (including phenoxy) is 1. The molecule has 0 aliphatic heterocycles. The Morgan fingerprint density at radius 3 is 2.67 bits per heavy atom. The van der Waals surface area contributed by atoms with Gasteiger partial charge in [0.15, 0.2) is 5.96 Å². The first-order chi connectivity index (χ1) is 9.88. The van der Waals surface area contributed by atoms with Crippen LogP contribution in [-0.2, 0) is 11.3 Å². The monoisotopic (exact) mass is 293 g/mol. The maximum atomic E-state index is 5.38. The van der Waals surface area contributed by atoms with Crippen LogP contribution in [0.15, 0.2) is 23.3 Å². The third kappa shape index (κ3) is 5.99. The molecule has 0 unspecified atom stereocenters. The topological polar surface area (TPSA) is 61.8 Å². The summed E-state index contributed by atoms with van der Waals surface area (Å²) in [6.45, 7) is 5.43. The highest BCUT2D eigenvalue weighted by Gasteiger charge is 2.16. The van der Waals surface area contributed by atoms with E-state index in [1.165, 1.54) is 0 Å². The second-order valence-corrected chi connectivity index (χ2v) is 5.66. The Labute approximate surface area is 127 Å². The molecular weight excluding hydrogens is 266 g/mol. The van der Waals surface area contributed by atoms with Gasteiger partial charge in [-0.3, -0.25) is 4.99 Å². The number of hydrogen-bond donors (Lipinski definition) is 2. The predicted octanol–water partition coefficient (Wildman–Crippen LogP) is 1.24. The van der Waals surface area contributed by atoms with Gasteiger partial charge in [0, 0.05) is 47.5 Å². The van der Waals surface area contributed by atoms with Crippen LogP contribution < -0.4 is 15.5 Å². The molecule has 6 heteroatoms. The van der Waals surface area contributed by atoms with Crippen molar-refractivity contribution in [2.45, 2.75) is 26.0 Å². The number of aromatic nitrogens is 1. The van der Waals surface area contributed by atoms with Crippen LogP contribution in [0, 0.1) is 0 Å². The molecule has 0 bridgehead atoms. The van der Waals surface area contributed by atoms with Gasteiger partial charge in [-0.2, -0.15) is 0 Å². The highest BCUT2D eigenvalue weighted by molar-refractivity contribution is 5.79. The normalized spacial score (nSPS) is 12.2. The summed E-state index contributed by atoms with van der Waals surface area (Å²) < 4.78 is 5.38. The molecule has 118 valence electrons. The number of nitrogens with zero attached hydrogens (tertiary/aromatic N) is 3. The van der Waals surface area contributed by atoms with Gasteiger partial charge >= 0.3 is 0 Å². The largest absolute Gasteiger partial charge is 0.377 e. The number of rotatable bonds is 6. The van der Waals surface area contributed by atoms with E-state index in [1.54, 1.807) is 14.2 Å². The van der Waals surface area contributed by atoms with Crippen molar-refractivity contribution in [3.63, 3.8) is 0 Å². The highest BCUT2D eigenvalue weighted by Crippen LogP contribution is 2.09. The first kappa shape index (κ1) is 17.2. The summed E-state index contributed by atoms with van der Waals surface area (Å²) >= 11 is 0. The quantitative estimate of drug-likeness (QED) is 0.610. The number of methoxy groups -OCH3 is 1. The Bertz CT molecular complexity index is 471. The predicted molar refractivity (Wildman–Crippen MR) is 87.9 cm³/mol. The van der Waals surface area contributed by atoms with Crippen molar-refractivity contribution in [1.29, 1.82) is 0 Å². The molecule has 0 aromatic carbocycles. The van der Waals surface area contributed by atoms with Crippen molar-refractivity contribution < 1.29 is 4.74 Å². The Morgan fingerprint density at radius 1 is 1.38 bits per heavy atom. The summed E-state index contributed by atoms with van der Waals surface area (Å²) in [5.41, 5.74) is 0.925. The van der Waals surface area contributed by atoms with Gasteiger partial charge < -0.3 is 20.3 Å². The molecule has 0 amide bonds. The lowest BCUT2D eigenvalue weighted by molar-refractivity contribution is 0.0268. The summed E-state index contributed by atoms with van der Waals surface area (Å²) in [7, 11) is 7.42. The maximum Gasteiger partial charge on any atom is 0.191 e. The standard InChI is InChI=1S/C15H27N5O/c1-15(2,21-6)11-19-14(16-3)18-10-12-7-8-17-13(9-12)20(4)5/h7-9H,10-11H2,1-6H3,(H2,16,18,19). The minimum atomic E-state index is -0.230. The summed E-state index contributed by atoms with van der Waals surface area (Å²) in [4.78, 5) is 10.5. The Hall–Kier alpha value is -1.82. The van der Waals surface area contributed by atoms with Crippen LogP contribution in [0.3, 0.4) is 0 Å². The zero-order chi connectivity index (χ0) is 15.9. The molecule has 0 saturated carbocycles. The van der Waals surface area contributed by atoms with Gasteiger partial charge in [-0.15, -0.1) is 0 Å². The second kappa shape index (κ2) is 7.83. The molecular formula is C15H27N5O. The molecule has 6 nitrogen and oxygen atoms in total. The smallest absolute Gasteiger partial charge is 0.191 e. The Morgan fingerprint density at radius 2 is 2.10 bits per heavy atom. The molecule has 0 spiro atoms. The highest BCUT2D eigenvalue weighted by atomic mass is 16.5. The molecule has 0 atom stereocenters. The molecule has 21 heavy (non-hydrogen) atoms. The summed E-state index contributed by atoms with van der Waals surface area (Å²) in [6, 6.07) is 4.05. The molecule has 0 radical (unpaired) electrons. The van der Waals surface area contributed by atoms with E-state index in [4.69, 9.17) is 4.74 Å². The van der Waals surface area contributed by atoms with Crippen molar-refractivity contribution in [2.75, 3.05) is 39.7 Å². The maximum absolute atomic E-state index is 5.38. The van der Waals surface area contributed by atoms with Crippen molar-refractivity contribution in [3.05, 3.63) is 23.9 Å². The van der Waals surface area contributed by atoms with E-state index < -0.39 is 0 Å². The molecule has 2 N–H and O–H groups in total. The van der Waals surface area contributed by atoms with Gasteiger partial charge in [0.2, 0.25) is 0 Å². The van der Waals surface area contributed by atoms with E-state index in [-0.39, 0.29) is 5.60 Å². The van der Waals surface area contributed by atoms with Crippen LogP contribution in [0.5, 0.6) is 0 Å². The van der Waals surface area contributed by atoms with Gasteiger partial charge in [0.05, 0.1) is 5.60 Å². The average molecular weight is 293 g/mol. The van der Waals surface area contributed by atoms with Crippen molar-refractivity contribution >= 4 is 11.8 Å². The minimum absolute atomic E-state index is 0.230. The van der Waals surface area contributed by atoms with Crippen molar-refractivity contribution in [1.82, 2.24) is 15.6 Å². The Balaban J connectivity index is 2.54. The fourth-order valence-electron chi connectivity index (χ4n) is 1.59. The lowest BCUT2D eigenvalue weighted by Crippen LogP contribution is -2.45. The first-order valence-corrected chi connectivity index (χ1v) is 7.00. The average Bonchev–Trinajstić information content (AvgIpc) is 2.47. The van der Waals surface area contributed by atoms with Gasteiger partial charge in [-0.25, -0.2) is 4.98 Å². The van der Waals surface area contributed by atoms with Gasteiger partial charge in [-0.1, -0.05) is 0 Å². The zero-order valence-electron chi connectivity index (χ0n) is 13.9. The zero-order valence-corrected chi connectivity index (χ0v) is 13.9. The number of anilines is 1. The fourth-order valence-corrected chi connectivity index (χ4v) is 1.59.